The van der Waals surface area contributed by atoms with Gasteiger partial charge in [-0.15, -0.1) is 0 Å². The molecule has 0 spiro atoms. The first-order valence-electron chi connectivity index (χ1n) is 15.2. The number of aryl methyl sites for hydroxylation is 1. The standard InChI is InChI=1S/C32H40N4O5/c1-40-30-27(19-26-28(33-30)20-36(32(26)39)23-9-2-3-10-23)31(38)34-15-7-17-41-25-12-6-8-22(18-25)13-14-24-11-4-5-16-35(24)29(37)21-34/h6,8,12,18-19,23-24H,2-5,7,9-11,13-17,20-21H2,1H3. The highest BCUT2D eigenvalue weighted by atomic mass is 16.5. The SMILES string of the molecule is COc1nc2c(cc1C(=O)N1CCCOc3cccc(c3)CCC3CCCCN3C(=O)C1)C(=O)N(C1CCCC1)C2. The first kappa shape index (κ1) is 27.5. The van der Waals surface area contributed by atoms with Crippen molar-refractivity contribution in [3.05, 3.63) is 52.7 Å². The number of pyridine rings is 1. The Hall–Kier alpha value is -3.62. The van der Waals surface area contributed by atoms with Crippen LogP contribution < -0.4 is 9.47 Å². The lowest BCUT2D eigenvalue weighted by Crippen LogP contribution is -2.49. The van der Waals surface area contributed by atoms with Crippen LogP contribution in [0.3, 0.4) is 0 Å². The van der Waals surface area contributed by atoms with Gasteiger partial charge in [-0.05, 0) is 75.1 Å². The fourth-order valence-corrected chi connectivity index (χ4v) is 6.92. The van der Waals surface area contributed by atoms with E-state index in [1.807, 2.05) is 21.9 Å². The molecule has 0 radical (unpaired) electrons. The Kier molecular flexibility index (Phi) is 8.12. The molecule has 1 aliphatic carbocycles. The molecule has 0 N–H and O–H groups in total. The van der Waals surface area contributed by atoms with E-state index in [2.05, 4.69) is 17.1 Å². The number of amides is 3. The van der Waals surface area contributed by atoms with Crippen molar-refractivity contribution in [3.63, 3.8) is 0 Å². The van der Waals surface area contributed by atoms with E-state index in [1.165, 1.54) is 12.7 Å². The Morgan fingerprint density at radius 1 is 0.927 bits per heavy atom. The number of carbonyl (C=O) groups is 3. The number of carbonyl (C=O) groups excluding carboxylic acids is 3. The molecule has 2 fully saturated rings. The number of methoxy groups -OCH3 is 1. The van der Waals surface area contributed by atoms with E-state index < -0.39 is 0 Å². The van der Waals surface area contributed by atoms with Gasteiger partial charge in [-0.2, -0.15) is 0 Å². The zero-order valence-corrected chi connectivity index (χ0v) is 24.0. The highest BCUT2D eigenvalue weighted by molar-refractivity contribution is 6.03. The van der Waals surface area contributed by atoms with E-state index in [0.29, 0.717) is 43.9 Å². The first-order chi connectivity index (χ1) is 20.0. The summed E-state index contributed by atoms with van der Waals surface area (Å²) in [6.45, 7) is 1.89. The van der Waals surface area contributed by atoms with Crippen LogP contribution in [0.5, 0.6) is 11.6 Å². The van der Waals surface area contributed by atoms with Gasteiger partial charge >= 0.3 is 0 Å². The predicted octanol–water partition coefficient (Wildman–Crippen LogP) is 4.23. The van der Waals surface area contributed by atoms with E-state index in [-0.39, 0.29) is 47.8 Å². The number of aromatic nitrogens is 1. The number of hydrogen-bond donors (Lipinski definition) is 0. The third-order valence-electron chi connectivity index (χ3n) is 9.13. The van der Waals surface area contributed by atoms with Gasteiger partial charge in [0.25, 0.3) is 11.8 Å². The van der Waals surface area contributed by atoms with Crippen LogP contribution in [-0.4, -0.2) is 82.8 Å². The summed E-state index contributed by atoms with van der Waals surface area (Å²) >= 11 is 0. The number of benzene rings is 1. The average molecular weight is 561 g/mol. The Balaban J connectivity index is 1.27. The molecular formula is C32H40N4O5. The van der Waals surface area contributed by atoms with Crippen molar-refractivity contribution in [1.82, 2.24) is 19.7 Å². The van der Waals surface area contributed by atoms with E-state index in [4.69, 9.17) is 9.47 Å². The monoisotopic (exact) mass is 560 g/mol. The van der Waals surface area contributed by atoms with Crippen molar-refractivity contribution >= 4 is 17.7 Å². The summed E-state index contributed by atoms with van der Waals surface area (Å²) in [5.41, 5.74) is 2.56. The van der Waals surface area contributed by atoms with E-state index in [1.54, 1.807) is 11.0 Å². The van der Waals surface area contributed by atoms with Gasteiger partial charge in [0, 0.05) is 25.2 Å². The van der Waals surface area contributed by atoms with Gasteiger partial charge in [-0.25, -0.2) is 4.98 Å². The van der Waals surface area contributed by atoms with Crippen molar-refractivity contribution in [3.8, 4) is 11.6 Å². The van der Waals surface area contributed by atoms with Crippen molar-refractivity contribution < 1.29 is 23.9 Å². The summed E-state index contributed by atoms with van der Waals surface area (Å²) in [7, 11) is 1.49. The van der Waals surface area contributed by atoms with Crippen molar-refractivity contribution in [2.24, 2.45) is 0 Å². The molecule has 4 aliphatic rings. The molecule has 2 bridgehead atoms. The number of fused-ring (bicyclic) bond motifs is 4. The molecule has 1 atom stereocenters. The minimum atomic E-state index is -0.347. The van der Waals surface area contributed by atoms with Gasteiger partial charge in [0.15, 0.2) is 0 Å². The van der Waals surface area contributed by atoms with E-state index >= 15 is 0 Å². The molecule has 9 nitrogen and oxygen atoms in total. The van der Waals surface area contributed by atoms with Crippen LogP contribution in [0.4, 0.5) is 0 Å². The molecule has 2 aromatic rings. The van der Waals surface area contributed by atoms with Crippen molar-refractivity contribution in [2.75, 3.05) is 33.4 Å². The third-order valence-corrected chi connectivity index (χ3v) is 9.13. The number of piperidine rings is 1. The molecule has 1 aromatic carbocycles. The van der Waals surface area contributed by atoms with Crippen LogP contribution in [0.25, 0.3) is 0 Å². The summed E-state index contributed by atoms with van der Waals surface area (Å²) in [5, 5.41) is 0. The quantitative estimate of drug-likeness (QED) is 0.558. The van der Waals surface area contributed by atoms with Gasteiger partial charge in [0.2, 0.25) is 11.8 Å². The maximum atomic E-state index is 14.1. The highest BCUT2D eigenvalue weighted by Gasteiger charge is 2.37. The van der Waals surface area contributed by atoms with Crippen LogP contribution in [0, 0.1) is 0 Å². The largest absolute Gasteiger partial charge is 0.494 e. The Morgan fingerprint density at radius 3 is 2.51 bits per heavy atom. The van der Waals surface area contributed by atoms with Crippen molar-refractivity contribution in [2.45, 2.75) is 82.8 Å². The Morgan fingerprint density at radius 2 is 1.71 bits per heavy atom. The number of ether oxygens (including phenoxy) is 2. The lowest BCUT2D eigenvalue weighted by atomic mass is 9.95. The predicted molar refractivity (Wildman–Crippen MR) is 153 cm³/mol. The summed E-state index contributed by atoms with van der Waals surface area (Å²) in [6, 6.07) is 10.2. The van der Waals surface area contributed by atoms with E-state index in [9.17, 15) is 14.4 Å². The van der Waals surface area contributed by atoms with Gasteiger partial charge in [-0.1, -0.05) is 25.0 Å². The fourth-order valence-electron chi connectivity index (χ4n) is 6.92. The molecule has 1 unspecified atom stereocenters. The summed E-state index contributed by atoms with van der Waals surface area (Å²) in [6.07, 6.45) is 9.61. The van der Waals surface area contributed by atoms with Crippen LogP contribution in [0.1, 0.15) is 89.8 Å². The molecule has 1 saturated carbocycles. The van der Waals surface area contributed by atoms with Gasteiger partial charge < -0.3 is 24.2 Å². The molecule has 41 heavy (non-hydrogen) atoms. The number of rotatable bonds is 3. The van der Waals surface area contributed by atoms with Crippen LogP contribution in [-0.2, 0) is 17.8 Å². The normalized spacial score (nSPS) is 22.2. The molecule has 218 valence electrons. The molecule has 3 amide bonds. The minimum absolute atomic E-state index is 0.0248. The Labute approximate surface area is 241 Å². The first-order valence-corrected chi connectivity index (χ1v) is 15.2. The highest BCUT2D eigenvalue weighted by Crippen LogP contribution is 2.34. The lowest BCUT2D eigenvalue weighted by Gasteiger charge is -2.37. The second-order valence-corrected chi connectivity index (χ2v) is 11.8. The molecular weight excluding hydrogens is 520 g/mol. The fraction of sp³-hybridized carbons (Fsp3) is 0.562. The molecule has 1 aromatic heterocycles. The van der Waals surface area contributed by atoms with Gasteiger partial charge in [0.05, 0.1) is 31.5 Å². The second-order valence-electron chi connectivity index (χ2n) is 11.8. The van der Waals surface area contributed by atoms with E-state index in [0.717, 1.165) is 63.5 Å². The zero-order chi connectivity index (χ0) is 28.3. The molecule has 3 aliphatic heterocycles. The third kappa shape index (κ3) is 5.76. The summed E-state index contributed by atoms with van der Waals surface area (Å²) < 4.78 is 11.6. The molecule has 6 rings (SSSR count). The average Bonchev–Trinajstić information content (AvgIpc) is 3.64. The van der Waals surface area contributed by atoms with Crippen LogP contribution in [0.15, 0.2) is 30.3 Å². The number of nitrogens with zero attached hydrogens (tertiary/aromatic N) is 4. The topological polar surface area (TPSA) is 92.3 Å². The van der Waals surface area contributed by atoms with Crippen molar-refractivity contribution in [1.29, 1.82) is 0 Å². The van der Waals surface area contributed by atoms with Gasteiger partial charge in [0.1, 0.15) is 17.9 Å². The lowest BCUT2D eigenvalue weighted by molar-refractivity contribution is -0.135. The minimum Gasteiger partial charge on any atom is -0.494 e. The number of hydrogen-bond acceptors (Lipinski definition) is 6. The zero-order valence-electron chi connectivity index (χ0n) is 24.0. The van der Waals surface area contributed by atoms with Gasteiger partial charge in [-0.3, -0.25) is 14.4 Å². The van der Waals surface area contributed by atoms with Crippen LogP contribution in [0.2, 0.25) is 0 Å². The molecule has 4 heterocycles. The smallest absolute Gasteiger partial charge is 0.259 e. The Bertz CT molecular complexity index is 1310. The molecule has 1 saturated heterocycles. The summed E-state index contributed by atoms with van der Waals surface area (Å²) in [5.74, 6) is 0.570. The summed E-state index contributed by atoms with van der Waals surface area (Å²) in [4.78, 5) is 51.3. The second kappa shape index (κ2) is 12.1. The maximum absolute atomic E-state index is 14.1. The van der Waals surface area contributed by atoms with Crippen LogP contribution >= 0.6 is 0 Å². The maximum Gasteiger partial charge on any atom is 0.259 e. The molecule has 9 heteroatoms.